The van der Waals surface area contributed by atoms with Crippen LogP contribution in [0, 0.1) is 0 Å². The van der Waals surface area contributed by atoms with E-state index in [1.807, 2.05) is 35.1 Å². The number of pyridine rings is 1. The first-order valence-electron chi connectivity index (χ1n) is 11.6. The van der Waals surface area contributed by atoms with Gasteiger partial charge < -0.3 is 0 Å². The van der Waals surface area contributed by atoms with Gasteiger partial charge in [-0.3, -0.25) is 4.98 Å². The molecule has 0 fully saturated rings. The lowest BCUT2D eigenvalue weighted by Gasteiger charge is -2.09. The molecule has 0 saturated carbocycles. The van der Waals surface area contributed by atoms with Crippen LogP contribution in [0.4, 0.5) is 0 Å². The minimum atomic E-state index is 0.550. The number of nitrogens with zero attached hydrogens (tertiary/aromatic N) is 7. The van der Waals surface area contributed by atoms with Crippen molar-refractivity contribution in [1.29, 1.82) is 0 Å². The van der Waals surface area contributed by atoms with Crippen LogP contribution >= 0.6 is 0 Å². The van der Waals surface area contributed by atoms with Crippen molar-refractivity contribution >= 4 is 0 Å². The van der Waals surface area contributed by atoms with E-state index in [1.165, 1.54) is 12.8 Å². The van der Waals surface area contributed by atoms with E-state index in [2.05, 4.69) is 68.9 Å². The summed E-state index contributed by atoms with van der Waals surface area (Å²) in [7, 11) is 0. The van der Waals surface area contributed by atoms with Crippen LogP contribution in [-0.4, -0.2) is 40.4 Å². The summed E-state index contributed by atoms with van der Waals surface area (Å²) in [5.41, 5.74) is 5.10. The maximum absolute atomic E-state index is 4.87. The fraction of sp³-hybridized carbons (Fsp3) is 0.231. The third-order valence-electron chi connectivity index (χ3n) is 5.79. The number of aryl methyl sites for hydroxylation is 1. The molecule has 5 aromatic rings. The smallest absolute Gasteiger partial charge is 0.205 e. The maximum Gasteiger partial charge on any atom is 0.205 e. The SMILES string of the molecule is CCCCCc1nc(-c2ccccc2)nn1Cc1ccc(-c2cnccc2-c2nn[nH]n2)cc1. The summed E-state index contributed by atoms with van der Waals surface area (Å²) in [5.74, 6) is 2.36. The van der Waals surface area contributed by atoms with Crippen molar-refractivity contribution in [3.05, 3.63) is 84.4 Å². The third-order valence-corrected chi connectivity index (χ3v) is 5.79. The highest BCUT2D eigenvalue weighted by Gasteiger charge is 2.14. The molecule has 170 valence electrons. The quantitative estimate of drug-likeness (QED) is 0.319. The molecular weight excluding hydrogens is 424 g/mol. The highest BCUT2D eigenvalue weighted by molar-refractivity contribution is 5.79. The Hall–Kier alpha value is -4.20. The van der Waals surface area contributed by atoms with E-state index in [4.69, 9.17) is 10.1 Å². The van der Waals surface area contributed by atoms with Crippen LogP contribution in [0.5, 0.6) is 0 Å². The van der Waals surface area contributed by atoms with Crippen LogP contribution in [-0.2, 0) is 13.0 Å². The van der Waals surface area contributed by atoms with Crippen molar-refractivity contribution in [3.63, 3.8) is 0 Å². The molecule has 0 bridgehead atoms. The van der Waals surface area contributed by atoms with Crippen molar-refractivity contribution in [1.82, 2.24) is 40.4 Å². The molecule has 8 heteroatoms. The number of aromatic amines is 1. The highest BCUT2D eigenvalue weighted by Crippen LogP contribution is 2.29. The minimum absolute atomic E-state index is 0.550. The molecule has 3 heterocycles. The summed E-state index contributed by atoms with van der Waals surface area (Å²) in [5, 5.41) is 19.3. The van der Waals surface area contributed by atoms with Crippen molar-refractivity contribution in [3.8, 4) is 33.9 Å². The number of rotatable bonds is 9. The summed E-state index contributed by atoms with van der Waals surface area (Å²) in [6, 6.07) is 20.5. The lowest BCUT2D eigenvalue weighted by atomic mass is 10.0. The third kappa shape index (κ3) is 4.76. The molecule has 0 atom stereocenters. The van der Waals surface area contributed by atoms with Crippen molar-refractivity contribution < 1.29 is 0 Å². The standard InChI is InChI=1S/C26H26N8/c1-2-3-5-10-24-28-25(21-8-6-4-7-9-21)31-34(24)18-19-11-13-20(14-12-19)23-17-27-16-15-22(23)26-29-32-33-30-26/h4,6-9,11-17H,2-3,5,10,18H2,1H3,(H,29,30,32,33). The van der Waals surface area contributed by atoms with E-state index < -0.39 is 0 Å². The Morgan fingerprint density at radius 3 is 2.47 bits per heavy atom. The number of unbranched alkanes of at least 4 members (excludes halogenated alkanes) is 2. The molecule has 2 aromatic carbocycles. The zero-order valence-corrected chi connectivity index (χ0v) is 19.1. The Morgan fingerprint density at radius 2 is 1.71 bits per heavy atom. The normalized spacial score (nSPS) is 11.1. The number of hydrogen-bond donors (Lipinski definition) is 1. The number of benzene rings is 2. The van der Waals surface area contributed by atoms with Gasteiger partial charge in [-0.1, -0.05) is 74.4 Å². The second-order valence-electron chi connectivity index (χ2n) is 8.19. The van der Waals surface area contributed by atoms with E-state index in [0.717, 1.165) is 52.3 Å². The number of nitrogens with one attached hydrogen (secondary N) is 1. The Balaban J connectivity index is 1.40. The zero-order chi connectivity index (χ0) is 23.2. The molecule has 0 amide bonds. The lowest BCUT2D eigenvalue weighted by molar-refractivity contribution is 0.607. The van der Waals surface area contributed by atoms with Gasteiger partial charge in [-0.2, -0.15) is 10.3 Å². The molecule has 3 aromatic heterocycles. The number of tetrazole rings is 1. The summed E-state index contributed by atoms with van der Waals surface area (Å²) < 4.78 is 2.04. The molecule has 34 heavy (non-hydrogen) atoms. The van der Waals surface area contributed by atoms with Gasteiger partial charge in [0.05, 0.1) is 6.54 Å². The van der Waals surface area contributed by atoms with Crippen molar-refractivity contribution in [2.75, 3.05) is 0 Å². The average molecular weight is 451 g/mol. The van der Waals surface area contributed by atoms with Crippen LogP contribution in [0.15, 0.2) is 73.1 Å². The van der Waals surface area contributed by atoms with Crippen molar-refractivity contribution in [2.45, 2.75) is 39.2 Å². The Morgan fingerprint density at radius 1 is 0.853 bits per heavy atom. The summed E-state index contributed by atoms with van der Waals surface area (Å²) >= 11 is 0. The number of hydrogen-bond acceptors (Lipinski definition) is 6. The van der Waals surface area contributed by atoms with Gasteiger partial charge in [0.1, 0.15) is 5.82 Å². The predicted molar refractivity (Wildman–Crippen MR) is 131 cm³/mol. The van der Waals surface area contributed by atoms with Crippen LogP contribution < -0.4 is 0 Å². The van der Waals surface area contributed by atoms with Gasteiger partial charge in [-0.05, 0) is 28.8 Å². The molecule has 0 aliphatic carbocycles. The first-order chi connectivity index (χ1) is 16.8. The molecule has 0 aliphatic heterocycles. The fourth-order valence-electron chi connectivity index (χ4n) is 3.99. The first-order valence-corrected chi connectivity index (χ1v) is 11.6. The summed E-state index contributed by atoms with van der Waals surface area (Å²) in [6.45, 7) is 2.89. The van der Waals surface area contributed by atoms with Crippen LogP contribution in [0.2, 0.25) is 0 Å². The zero-order valence-electron chi connectivity index (χ0n) is 19.1. The van der Waals surface area contributed by atoms with Gasteiger partial charge in [0.15, 0.2) is 5.82 Å². The molecule has 1 N–H and O–H groups in total. The Bertz CT molecular complexity index is 1330. The molecule has 5 rings (SSSR count). The topological polar surface area (TPSA) is 98.1 Å². The highest BCUT2D eigenvalue weighted by atomic mass is 15.5. The molecule has 0 unspecified atom stereocenters. The monoisotopic (exact) mass is 450 g/mol. The van der Waals surface area contributed by atoms with Gasteiger partial charge in [-0.15, -0.1) is 10.2 Å². The Kier molecular flexibility index (Phi) is 6.47. The van der Waals surface area contributed by atoms with Gasteiger partial charge in [0.25, 0.3) is 0 Å². The minimum Gasteiger partial charge on any atom is -0.264 e. The average Bonchev–Trinajstić information content (AvgIpc) is 3.56. The molecular formula is C26H26N8. The summed E-state index contributed by atoms with van der Waals surface area (Å²) in [6.07, 6.45) is 7.98. The van der Waals surface area contributed by atoms with E-state index in [-0.39, 0.29) is 0 Å². The van der Waals surface area contributed by atoms with E-state index in [9.17, 15) is 0 Å². The second-order valence-corrected chi connectivity index (χ2v) is 8.19. The molecule has 0 saturated heterocycles. The van der Waals surface area contributed by atoms with Gasteiger partial charge in [-0.25, -0.2) is 9.67 Å². The molecule has 0 spiro atoms. The van der Waals surface area contributed by atoms with Gasteiger partial charge in [0.2, 0.25) is 5.82 Å². The molecule has 0 radical (unpaired) electrons. The lowest BCUT2D eigenvalue weighted by Crippen LogP contribution is -2.07. The maximum atomic E-state index is 4.87. The number of H-pyrrole nitrogens is 1. The largest absolute Gasteiger partial charge is 0.264 e. The van der Waals surface area contributed by atoms with Crippen LogP contribution in [0.1, 0.15) is 37.6 Å². The van der Waals surface area contributed by atoms with Gasteiger partial charge >= 0.3 is 0 Å². The number of aromatic nitrogens is 8. The molecule has 8 nitrogen and oxygen atoms in total. The van der Waals surface area contributed by atoms with E-state index >= 15 is 0 Å². The van der Waals surface area contributed by atoms with E-state index in [1.54, 1.807) is 6.20 Å². The second kappa shape index (κ2) is 10.2. The predicted octanol–water partition coefficient (Wildman–Crippen LogP) is 4.97. The first kappa shape index (κ1) is 21.6. The van der Waals surface area contributed by atoms with Crippen LogP contribution in [0.3, 0.4) is 0 Å². The Labute approximate surface area is 198 Å². The van der Waals surface area contributed by atoms with E-state index in [0.29, 0.717) is 12.4 Å². The van der Waals surface area contributed by atoms with Crippen molar-refractivity contribution in [2.24, 2.45) is 0 Å². The molecule has 0 aliphatic rings. The van der Waals surface area contributed by atoms with Crippen LogP contribution in [0.25, 0.3) is 33.9 Å². The fourth-order valence-corrected chi connectivity index (χ4v) is 3.99. The van der Waals surface area contributed by atoms with Gasteiger partial charge in [0, 0.05) is 35.5 Å². The summed E-state index contributed by atoms with van der Waals surface area (Å²) in [4.78, 5) is 9.17.